The van der Waals surface area contributed by atoms with Crippen molar-refractivity contribution < 1.29 is 29.1 Å². The third-order valence-electron chi connectivity index (χ3n) is 3.09. The second-order valence-corrected chi connectivity index (χ2v) is 4.88. The van der Waals surface area contributed by atoms with Crippen molar-refractivity contribution in [3.63, 3.8) is 0 Å². The van der Waals surface area contributed by atoms with Crippen molar-refractivity contribution in [2.75, 3.05) is 0 Å². The Morgan fingerprint density at radius 3 is 1.72 bits per heavy atom. The predicted molar refractivity (Wildman–Crippen MR) is 87.2 cm³/mol. The molecule has 0 unspecified atom stereocenters. The molecule has 0 atom stereocenters. The van der Waals surface area contributed by atoms with Crippen molar-refractivity contribution >= 4 is 23.8 Å². The molecular weight excluding hydrogens is 326 g/mol. The van der Waals surface area contributed by atoms with Gasteiger partial charge >= 0.3 is 17.9 Å². The topological polar surface area (TPSA) is 102 Å². The van der Waals surface area contributed by atoms with Gasteiger partial charge in [-0.1, -0.05) is 41.6 Å². The molecule has 0 fully saturated rings. The van der Waals surface area contributed by atoms with E-state index in [0.717, 1.165) is 0 Å². The monoisotopic (exact) mass is 341 g/mol. The summed E-state index contributed by atoms with van der Waals surface area (Å²) in [4.78, 5) is 35.2. The van der Waals surface area contributed by atoms with Crippen LogP contribution in [0.25, 0.3) is 0 Å². The van der Waals surface area contributed by atoms with E-state index in [9.17, 15) is 14.4 Å². The van der Waals surface area contributed by atoms with Gasteiger partial charge in [0.1, 0.15) is 0 Å². The lowest BCUT2D eigenvalue weighted by Gasteiger charge is -2.06. The second kappa shape index (κ2) is 8.97. The van der Waals surface area contributed by atoms with Crippen molar-refractivity contribution in [1.82, 2.24) is 0 Å². The quantitative estimate of drug-likeness (QED) is 0.224. The highest BCUT2D eigenvalue weighted by Gasteiger charge is 2.16. The first-order valence-electron chi connectivity index (χ1n) is 7.38. The molecule has 7 nitrogen and oxygen atoms in total. The summed E-state index contributed by atoms with van der Waals surface area (Å²) in [5.41, 5.74) is 0.507. The molecule has 25 heavy (non-hydrogen) atoms. The molecular formula is C18H15NO6. The van der Waals surface area contributed by atoms with Crippen molar-refractivity contribution in [2.24, 2.45) is 5.16 Å². The Morgan fingerprint density at radius 2 is 1.24 bits per heavy atom. The minimum absolute atomic E-state index is 0.198. The van der Waals surface area contributed by atoms with Gasteiger partial charge in [-0.2, -0.15) is 0 Å². The van der Waals surface area contributed by atoms with E-state index in [1.54, 1.807) is 36.4 Å². The molecule has 128 valence electrons. The van der Waals surface area contributed by atoms with Crippen LogP contribution in [0, 0.1) is 0 Å². The molecule has 0 heterocycles. The smallest absolute Gasteiger partial charge is 0.345 e. The van der Waals surface area contributed by atoms with Crippen LogP contribution in [-0.2, 0) is 14.3 Å². The van der Waals surface area contributed by atoms with E-state index in [2.05, 4.69) is 9.89 Å². The summed E-state index contributed by atoms with van der Waals surface area (Å²) in [6.45, 7) is 0. The minimum Gasteiger partial charge on any atom is -0.408 e. The van der Waals surface area contributed by atoms with Crippen molar-refractivity contribution in [1.29, 1.82) is 0 Å². The molecule has 1 N–H and O–H groups in total. The number of ether oxygens (including phenoxy) is 2. The van der Waals surface area contributed by atoms with Gasteiger partial charge in [0.05, 0.1) is 17.5 Å². The number of benzene rings is 2. The highest BCUT2D eigenvalue weighted by Crippen LogP contribution is 2.07. The second-order valence-electron chi connectivity index (χ2n) is 4.88. The average Bonchev–Trinajstić information content (AvgIpc) is 2.66. The molecule has 0 radical (unpaired) electrons. The van der Waals surface area contributed by atoms with E-state index in [4.69, 9.17) is 9.94 Å². The molecule has 7 heteroatoms. The molecule has 0 aliphatic rings. The van der Waals surface area contributed by atoms with Crippen LogP contribution in [0.3, 0.4) is 0 Å². The predicted octanol–water partition coefficient (Wildman–Crippen LogP) is 2.79. The fourth-order valence-electron chi connectivity index (χ4n) is 1.86. The Bertz CT molecular complexity index is 771. The normalized spacial score (nSPS) is 10.8. The summed E-state index contributed by atoms with van der Waals surface area (Å²) in [6, 6.07) is 16.1. The number of oxime groups is 1. The maximum absolute atomic E-state index is 11.8. The van der Waals surface area contributed by atoms with Gasteiger partial charge in [-0.15, -0.1) is 0 Å². The first kappa shape index (κ1) is 17.9. The molecule has 0 aliphatic heterocycles. The van der Waals surface area contributed by atoms with Crippen LogP contribution in [0.15, 0.2) is 65.8 Å². The van der Waals surface area contributed by atoms with Crippen molar-refractivity contribution in [2.45, 2.75) is 12.8 Å². The van der Waals surface area contributed by atoms with Gasteiger partial charge < -0.3 is 14.7 Å². The van der Waals surface area contributed by atoms with E-state index in [-0.39, 0.29) is 29.9 Å². The number of rotatable bonds is 5. The summed E-state index contributed by atoms with van der Waals surface area (Å²) in [5, 5.41) is 11.7. The van der Waals surface area contributed by atoms with Gasteiger partial charge in [0, 0.05) is 6.42 Å². The Hall–Kier alpha value is -3.48. The summed E-state index contributed by atoms with van der Waals surface area (Å²) < 4.78 is 9.56. The summed E-state index contributed by atoms with van der Waals surface area (Å²) in [6.07, 6.45) is -0.490. The zero-order valence-electron chi connectivity index (χ0n) is 13.1. The molecule has 2 aromatic rings. The van der Waals surface area contributed by atoms with Crippen molar-refractivity contribution in [3.05, 3.63) is 71.8 Å². The van der Waals surface area contributed by atoms with Crippen LogP contribution in [0.2, 0.25) is 0 Å². The number of carbonyl (C=O) groups excluding carboxylic acids is 3. The molecule has 2 aromatic carbocycles. The number of hydrogen-bond donors (Lipinski definition) is 1. The first-order chi connectivity index (χ1) is 12.1. The van der Waals surface area contributed by atoms with Gasteiger partial charge in [-0.05, 0) is 24.3 Å². The Morgan fingerprint density at radius 1 is 0.760 bits per heavy atom. The van der Waals surface area contributed by atoms with E-state index < -0.39 is 17.9 Å². The number of nitrogens with zero attached hydrogens (tertiary/aromatic N) is 1. The lowest BCUT2D eigenvalue weighted by atomic mass is 10.2. The third kappa shape index (κ3) is 5.58. The molecule has 0 bridgehead atoms. The highest BCUT2D eigenvalue weighted by atomic mass is 16.6. The molecule has 2 rings (SSSR count). The molecule has 0 saturated heterocycles. The molecule has 0 saturated carbocycles. The lowest BCUT2D eigenvalue weighted by Crippen LogP contribution is -2.17. The summed E-state index contributed by atoms with van der Waals surface area (Å²) >= 11 is 0. The van der Waals surface area contributed by atoms with Crippen LogP contribution in [0.1, 0.15) is 33.6 Å². The number of esters is 3. The van der Waals surface area contributed by atoms with Crippen LogP contribution >= 0.6 is 0 Å². The van der Waals surface area contributed by atoms with E-state index in [1.165, 1.54) is 24.3 Å². The Balaban J connectivity index is 1.83. The number of hydrogen-bond acceptors (Lipinski definition) is 7. The van der Waals surface area contributed by atoms with Gasteiger partial charge in [-0.25, -0.2) is 9.59 Å². The fraction of sp³-hybridized carbons (Fsp3) is 0.111. The fourth-order valence-corrected chi connectivity index (χ4v) is 1.86. The van der Waals surface area contributed by atoms with Crippen LogP contribution in [0.4, 0.5) is 0 Å². The number of carbonyl (C=O) groups is 3. The largest absolute Gasteiger partial charge is 0.408 e. The van der Waals surface area contributed by atoms with E-state index >= 15 is 0 Å². The minimum atomic E-state index is -0.828. The van der Waals surface area contributed by atoms with Crippen LogP contribution < -0.4 is 0 Å². The summed E-state index contributed by atoms with van der Waals surface area (Å²) in [5.74, 6) is -2.68. The lowest BCUT2D eigenvalue weighted by molar-refractivity contribution is -0.137. The van der Waals surface area contributed by atoms with Gasteiger partial charge in [0.15, 0.2) is 0 Å². The molecule has 0 aromatic heterocycles. The maximum atomic E-state index is 11.8. The van der Waals surface area contributed by atoms with E-state index in [1.807, 2.05) is 0 Å². The van der Waals surface area contributed by atoms with Gasteiger partial charge in [0.2, 0.25) is 5.90 Å². The standard InChI is InChI=1S/C18H15NO6/c20-16(25-18(22)14-9-5-2-6-10-14)12-11-15(19-23)24-17(21)13-7-3-1-4-8-13/h1-10,23H,11-12H2/b19-15-. The Labute approximate surface area is 143 Å². The van der Waals surface area contributed by atoms with E-state index in [0.29, 0.717) is 0 Å². The van der Waals surface area contributed by atoms with Gasteiger partial charge in [-0.3, -0.25) is 4.79 Å². The van der Waals surface area contributed by atoms with Crippen molar-refractivity contribution in [3.8, 4) is 0 Å². The average molecular weight is 341 g/mol. The zero-order chi connectivity index (χ0) is 18.1. The molecule has 0 amide bonds. The van der Waals surface area contributed by atoms with Crippen LogP contribution in [-0.4, -0.2) is 29.0 Å². The molecule has 0 spiro atoms. The third-order valence-corrected chi connectivity index (χ3v) is 3.09. The molecule has 0 aliphatic carbocycles. The van der Waals surface area contributed by atoms with Crippen LogP contribution in [0.5, 0.6) is 0 Å². The van der Waals surface area contributed by atoms with Gasteiger partial charge in [0.25, 0.3) is 0 Å². The SMILES string of the molecule is O=C(CC/C(=N/O)OC(=O)c1ccccc1)OC(=O)c1ccccc1. The highest BCUT2D eigenvalue weighted by molar-refractivity contribution is 6.00. The maximum Gasteiger partial charge on any atom is 0.345 e. The first-order valence-corrected chi connectivity index (χ1v) is 7.38. The Kier molecular flexibility index (Phi) is 6.41. The summed E-state index contributed by atoms with van der Waals surface area (Å²) in [7, 11) is 0. The zero-order valence-corrected chi connectivity index (χ0v) is 13.1.